The minimum absolute atomic E-state index is 0.00787. The molecule has 0 spiro atoms. The van der Waals surface area contributed by atoms with Crippen molar-refractivity contribution in [2.75, 3.05) is 0 Å². The van der Waals surface area contributed by atoms with Crippen molar-refractivity contribution in [3.63, 3.8) is 0 Å². The molecule has 1 aliphatic carbocycles. The van der Waals surface area contributed by atoms with E-state index in [1.54, 1.807) is 6.07 Å². The lowest BCUT2D eigenvalue weighted by molar-refractivity contribution is -0.0138. The van der Waals surface area contributed by atoms with Crippen molar-refractivity contribution in [1.82, 2.24) is 9.69 Å². The van der Waals surface area contributed by atoms with Crippen molar-refractivity contribution in [1.29, 1.82) is 10.8 Å². The van der Waals surface area contributed by atoms with Crippen molar-refractivity contribution in [3.8, 4) is 11.3 Å². The topological polar surface area (TPSA) is 98.0 Å². The van der Waals surface area contributed by atoms with Gasteiger partial charge in [0, 0.05) is 5.56 Å². The molecule has 72 valence electrons. The van der Waals surface area contributed by atoms with Crippen molar-refractivity contribution >= 4 is 0 Å². The van der Waals surface area contributed by atoms with Gasteiger partial charge in [0.05, 0.1) is 16.9 Å². The van der Waals surface area contributed by atoms with E-state index in [2.05, 4.69) is 0 Å². The smallest absolute Gasteiger partial charge is 0.112 e. The Balaban J connectivity index is 2.97. The molecular formula is C8H8N4O2. The first-order valence-electron chi connectivity index (χ1n) is 3.86. The SMILES string of the molecule is N=c1cc2ccn(O)n(O)c-2cc1=N. The monoisotopic (exact) mass is 192 g/mol. The van der Waals surface area contributed by atoms with E-state index in [1.807, 2.05) is 0 Å². The second-order valence-corrected chi connectivity index (χ2v) is 2.88. The molecule has 4 N–H and O–H groups in total. The third-order valence-electron chi connectivity index (χ3n) is 1.96. The number of hydrogen-bond donors (Lipinski definition) is 4. The highest BCUT2D eigenvalue weighted by atomic mass is 16.6. The lowest BCUT2D eigenvalue weighted by Gasteiger charge is -2.11. The fraction of sp³-hybridized carbons (Fsp3) is 0. The van der Waals surface area contributed by atoms with Crippen LogP contribution in [0.3, 0.4) is 0 Å². The molecule has 0 fully saturated rings. The highest BCUT2D eigenvalue weighted by Gasteiger charge is 2.08. The maximum absolute atomic E-state index is 9.36. The van der Waals surface area contributed by atoms with E-state index in [0.29, 0.717) is 15.3 Å². The van der Waals surface area contributed by atoms with Crippen molar-refractivity contribution in [2.45, 2.75) is 0 Å². The first kappa shape index (κ1) is 8.36. The van der Waals surface area contributed by atoms with Gasteiger partial charge in [0.25, 0.3) is 0 Å². The van der Waals surface area contributed by atoms with Crippen LogP contribution in [-0.4, -0.2) is 20.1 Å². The van der Waals surface area contributed by atoms with Crippen LogP contribution in [0.25, 0.3) is 11.3 Å². The van der Waals surface area contributed by atoms with Crippen molar-refractivity contribution in [2.24, 2.45) is 0 Å². The predicted molar refractivity (Wildman–Crippen MR) is 45.1 cm³/mol. The summed E-state index contributed by atoms with van der Waals surface area (Å²) in [5.74, 6) is 0. The van der Waals surface area contributed by atoms with E-state index < -0.39 is 0 Å². The Labute approximate surface area is 78.2 Å². The molecular weight excluding hydrogens is 184 g/mol. The zero-order chi connectivity index (χ0) is 10.3. The van der Waals surface area contributed by atoms with E-state index in [4.69, 9.17) is 16.0 Å². The second kappa shape index (κ2) is 2.63. The maximum atomic E-state index is 9.36. The molecule has 0 bridgehead atoms. The average Bonchev–Trinajstić information content (AvgIpc) is 2.15. The van der Waals surface area contributed by atoms with E-state index in [-0.39, 0.29) is 16.4 Å². The molecule has 0 atom stereocenters. The summed E-state index contributed by atoms with van der Waals surface area (Å²) >= 11 is 0. The van der Waals surface area contributed by atoms with Crippen LogP contribution >= 0.6 is 0 Å². The predicted octanol–water partition coefficient (Wildman–Crippen LogP) is -0.172. The number of benzene rings is 1. The number of nitrogens with one attached hydrogen (secondary N) is 2. The van der Waals surface area contributed by atoms with Crippen LogP contribution in [0.15, 0.2) is 24.4 Å². The van der Waals surface area contributed by atoms with Crippen LogP contribution in [0.1, 0.15) is 0 Å². The lowest BCUT2D eigenvalue weighted by Crippen LogP contribution is -2.25. The fourth-order valence-electron chi connectivity index (χ4n) is 1.23. The molecule has 1 aliphatic heterocycles. The molecule has 0 saturated carbocycles. The minimum atomic E-state index is -0.00787. The summed E-state index contributed by atoms with van der Waals surface area (Å²) in [6, 6.07) is 4.30. The third kappa shape index (κ3) is 1.05. The first-order valence-corrected chi connectivity index (χ1v) is 3.86. The standard InChI is InChI=1S/C8H8N4O2/c9-6-3-5-1-2-11(13)12(14)8(5)4-7(6)10/h1-4,9-10,13-14H. The Morgan fingerprint density at radius 2 is 1.71 bits per heavy atom. The van der Waals surface area contributed by atoms with Crippen LogP contribution in [0.5, 0.6) is 0 Å². The van der Waals surface area contributed by atoms with Gasteiger partial charge in [-0.05, 0) is 18.2 Å². The van der Waals surface area contributed by atoms with Gasteiger partial charge in [-0.15, -0.1) is 0 Å². The molecule has 6 heteroatoms. The third-order valence-corrected chi connectivity index (χ3v) is 1.96. The van der Waals surface area contributed by atoms with Crippen LogP contribution in [0, 0.1) is 10.8 Å². The number of fused-ring (bicyclic) bond motifs is 1. The quantitative estimate of drug-likeness (QED) is 0.436. The summed E-state index contributed by atoms with van der Waals surface area (Å²) < 4.78 is 0. The minimum Gasteiger partial charge on any atom is -0.411 e. The summed E-state index contributed by atoms with van der Waals surface area (Å²) in [7, 11) is 0. The van der Waals surface area contributed by atoms with Gasteiger partial charge in [-0.1, -0.05) is 9.69 Å². The van der Waals surface area contributed by atoms with Gasteiger partial charge in [0.1, 0.15) is 5.69 Å². The molecule has 0 saturated heterocycles. The Hall–Kier alpha value is -2.24. The van der Waals surface area contributed by atoms with Gasteiger partial charge >= 0.3 is 0 Å². The molecule has 2 aliphatic rings. The molecule has 6 nitrogen and oxygen atoms in total. The van der Waals surface area contributed by atoms with Gasteiger partial charge < -0.3 is 10.4 Å². The van der Waals surface area contributed by atoms with Gasteiger partial charge in [-0.3, -0.25) is 10.8 Å². The fourth-order valence-corrected chi connectivity index (χ4v) is 1.23. The van der Waals surface area contributed by atoms with Crippen molar-refractivity contribution < 1.29 is 10.4 Å². The number of hydrogen-bond acceptors (Lipinski definition) is 4. The summed E-state index contributed by atoms with van der Waals surface area (Å²) in [6.07, 6.45) is 1.24. The van der Waals surface area contributed by atoms with E-state index >= 15 is 0 Å². The van der Waals surface area contributed by atoms with Crippen molar-refractivity contribution in [3.05, 3.63) is 35.1 Å². The first-order chi connectivity index (χ1) is 6.59. The highest BCUT2D eigenvalue weighted by molar-refractivity contribution is 5.58. The highest BCUT2D eigenvalue weighted by Crippen LogP contribution is 2.14. The molecule has 0 unspecified atom stereocenters. The maximum Gasteiger partial charge on any atom is 0.112 e. The number of aromatic nitrogens is 2. The van der Waals surface area contributed by atoms with Gasteiger partial charge in [-0.2, -0.15) is 0 Å². The lowest BCUT2D eigenvalue weighted by atomic mass is 10.1. The summed E-state index contributed by atoms with van der Waals surface area (Å²) in [6.45, 7) is 0. The van der Waals surface area contributed by atoms with Gasteiger partial charge in [0.15, 0.2) is 0 Å². The van der Waals surface area contributed by atoms with Crippen LogP contribution < -0.4 is 10.7 Å². The second-order valence-electron chi connectivity index (χ2n) is 2.88. The number of nitrogens with zero attached hydrogens (tertiary/aromatic N) is 2. The van der Waals surface area contributed by atoms with Crippen LogP contribution in [-0.2, 0) is 0 Å². The molecule has 2 rings (SSSR count). The molecule has 0 aromatic rings. The zero-order valence-electron chi connectivity index (χ0n) is 7.10. The molecule has 0 aromatic carbocycles. The Morgan fingerprint density at radius 3 is 2.43 bits per heavy atom. The number of rotatable bonds is 0. The summed E-state index contributed by atoms with van der Waals surface area (Å²) in [4.78, 5) is 0.998. The molecule has 14 heavy (non-hydrogen) atoms. The Kier molecular flexibility index (Phi) is 1.57. The van der Waals surface area contributed by atoms with Crippen LogP contribution in [0.2, 0.25) is 0 Å². The Bertz CT molecular complexity index is 569. The van der Waals surface area contributed by atoms with E-state index in [1.165, 1.54) is 18.3 Å². The molecule has 0 amide bonds. The normalized spacial score (nSPS) is 10.6. The van der Waals surface area contributed by atoms with Gasteiger partial charge in [0.2, 0.25) is 0 Å². The Morgan fingerprint density at radius 1 is 1.07 bits per heavy atom. The van der Waals surface area contributed by atoms with E-state index in [0.717, 1.165) is 0 Å². The largest absolute Gasteiger partial charge is 0.411 e. The average molecular weight is 192 g/mol. The summed E-state index contributed by atoms with van der Waals surface area (Å²) in [5.41, 5.74) is 0.856. The van der Waals surface area contributed by atoms with E-state index in [9.17, 15) is 5.21 Å². The van der Waals surface area contributed by atoms with Crippen LogP contribution in [0.4, 0.5) is 0 Å². The zero-order valence-corrected chi connectivity index (χ0v) is 7.10. The molecule has 1 heterocycles. The molecule has 0 radical (unpaired) electrons. The van der Waals surface area contributed by atoms with Gasteiger partial charge in [-0.25, -0.2) is 0 Å². The molecule has 0 aromatic heterocycles. The summed E-state index contributed by atoms with van der Waals surface area (Å²) in [5, 5.41) is 33.3.